The summed E-state index contributed by atoms with van der Waals surface area (Å²) >= 11 is 0.827. The van der Waals surface area contributed by atoms with Crippen molar-refractivity contribution in [3.8, 4) is 0 Å². The molecule has 3 amide bonds. The van der Waals surface area contributed by atoms with Gasteiger partial charge in [-0.25, -0.2) is 4.90 Å². The van der Waals surface area contributed by atoms with E-state index in [1.54, 1.807) is 19.2 Å². The van der Waals surface area contributed by atoms with E-state index in [-0.39, 0.29) is 16.1 Å². The zero-order valence-electron chi connectivity index (χ0n) is 14.6. The Labute approximate surface area is 155 Å². The molecule has 4 rings (SSSR count). The highest BCUT2D eigenvalue weighted by Crippen LogP contribution is 2.45. The molecule has 0 saturated carbocycles. The molecule has 130 valence electrons. The molecule has 0 aliphatic carbocycles. The standard InChI is InChI=1S/C20H16N2O3S/c1-11-7-6-10-14(12(11)2)22-19(24)17(26-20(22)25)16-13-8-4-5-9-15(13)21(3)18(16)23/h4-10H,1-3H3/b17-16-. The fourth-order valence-corrected chi connectivity index (χ4v) is 4.22. The van der Waals surface area contributed by atoms with Crippen LogP contribution in [0.25, 0.3) is 5.57 Å². The Morgan fingerprint density at radius 3 is 2.31 bits per heavy atom. The van der Waals surface area contributed by atoms with E-state index in [0.717, 1.165) is 28.6 Å². The van der Waals surface area contributed by atoms with Crippen LogP contribution in [0.2, 0.25) is 0 Å². The van der Waals surface area contributed by atoms with Crippen LogP contribution in [0.15, 0.2) is 47.4 Å². The van der Waals surface area contributed by atoms with Crippen molar-refractivity contribution in [1.29, 1.82) is 0 Å². The van der Waals surface area contributed by atoms with E-state index in [0.29, 0.717) is 16.8 Å². The van der Waals surface area contributed by atoms with Crippen LogP contribution >= 0.6 is 11.8 Å². The van der Waals surface area contributed by atoms with Gasteiger partial charge in [-0.3, -0.25) is 14.4 Å². The first-order valence-electron chi connectivity index (χ1n) is 8.16. The summed E-state index contributed by atoms with van der Waals surface area (Å²) < 4.78 is 0. The SMILES string of the molecule is Cc1cccc(N2C(=O)S/C(=C3\C(=O)N(C)c4ccccc43)C2=O)c1C. The molecule has 0 aromatic heterocycles. The molecular weight excluding hydrogens is 348 g/mol. The van der Waals surface area contributed by atoms with Gasteiger partial charge in [0.1, 0.15) is 0 Å². The summed E-state index contributed by atoms with van der Waals surface area (Å²) in [6, 6.07) is 12.8. The highest BCUT2D eigenvalue weighted by Gasteiger charge is 2.43. The van der Waals surface area contributed by atoms with Crippen molar-refractivity contribution >= 4 is 45.8 Å². The van der Waals surface area contributed by atoms with Gasteiger partial charge in [-0.1, -0.05) is 30.3 Å². The first-order chi connectivity index (χ1) is 12.4. The van der Waals surface area contributed by atoms with E-state index >= 15 is 0 Å². The molecule has 1 saturated heterocycles. The maximum Gasteiger partial charge on any atom is 0.298 e. The lowest BCUT2D eigenvalue weighted by Crippen LogP contribution is -2.29. The number of rotatable bonds is 1. The van der Waals surface area contributed by atoms with Crippen LogP contribution in [-0.2, 0) is 9.59 Å². The van der Waals surface area contributed by atoms with E-state index in [4.69, 9.17) is 0 Å². The van der Waals surface area contributed by atoms with Crippen molar-refractivity contribution in [2.24, 2.45) is 0 Å². The van der Waals surface area contributed by atoms with Gasteiger partial charge >= 0.3 is 0 Å². The number of carbonyl (C=O) groups is 3. The van der Waals surface area contributed by atoms with Crippen molar-refractivity contribution in [3.05, 3.63) is 64.1 Å². The average Bonchev–Trinajstić information content (AvgIpc) is 3.05. The van der Waals surface area contributed by atoms with Gasteiger partial charge in [0.05, 0.1) is 21.9 Å². The summed E-state index contributed by atoms with van der Waals surface area (Å²) in [7, 11) is 1.67. The first kappa shape index (κ1) is 16.6. The molecule has 0 N–H and O–H groups in total. The number of carbonyl (C=O) groups excluding carboxylic acids is 3. The van der Waals surface area contributed by atoms with Gasteiger partial charge < -0.3 is 4.90 Å². The third-order valence-corrected chi connectivity index (χ3v) is 5.81. The van der Waals surface area contributed by atoms with E-state index in [1.807, 2.05) is 44.2 Å². The van der Waals surface area contributed by atoms with Crippen LogP contribution in [0.5, 0.6) is 0 Å². The molecule has 1 fully saturated rings. The molecule has 2 heterocycles. The molecule has 0 unspecified atom stereocenters. The van der Waals surface area contributed by atoms with Crippen molar-refractivity contribution in [3.63, 3.8) is 0 Å². The maximum atomic E-state index is 13.1. The van der Waals surface area contributed by atoms with E-state index in [9.17, 15) is 14.4 Å². The number of nitrogens with zero attached hydrogens (tertiary/aromatic N) is 2. The van der Waals surface area contributed by atoms with Crippen molar-refractivity contribution in [2.45, 2.75) is 13.8 Å². The Kier molecular flexibility index (Phi) is 3.73. The number of imide groups is 1. The number of likely N-dealkylation sites (N-methyl/N-ethyl adjacent to an activating group) is 1. The topological polar surface area (TPSA) is 57.7 Å². The second kappa shape index (κ2) is 5.85. The van der Waals surface area contributed by atoms with Crippen molar-refractivity contribution < 1.29 is 14.4 Å². The maximum absolute atomic E-state index is 13.1. The molecule has 2 aromatic carbocycles. The van der Waals surface area contributed by atoms with Crippen molar-refractivity contribution in [1.82, 2.24) is 0 Å². The lowest BCUT2D eigenvalue weighted by molar-refractivity contribution is -0.115. The summed E-state index contributed by atoms with van der Waals surface area (Å²) in [5.74, 6) is -0.709. The molecule has 2 aliphatic heterocycles. The molecule has 2 aromatic rings. The number of para-hydroxylation sites is 1. The van der Waals surface area contributed by atoms with Crippen LogP contribution in [0.3, 0.4) is 0 Å². The minimum Gasteiger partial charge on any atom is -0.311 e. The van der Waals surface area contributed by atoms with E-state index in [2.05, 4.69) is 0 Å². The monoisotopic (exact) mass is 364 g/mol. The summed E-state index contributed by atoms with van der Waals surface area (Å²) in [6.45, 7) is 3.81. The Hall–Kier alpha value is -2.86. The van der Waals surface area contributed by atoms with Gasteiger partial charge in [0, 0.05) is 12.6 Å². The van der Waals surface area contributed by atoms with Crippen LogP contribution in [-0.4, -0.2) is 24.1 Å². The number of benzene rings is 2. The second-order valence-corrected chi connectivity index (χ2v) is 7.27. The van der Waals surface area contributed by atoms with Gasteiger partial charge in [0.25, 0.3) is 17.1 Å². The number of thioether (sulfide) groups is 1. The van der Waals surface area contributed by atoms with Gasteiger partial charge in [0.15, 0.2) is 0 Å². The number of anilines is 2. The number of hydrogen-bond donors (Lipinski definition) is 0. The van der Waals surface area contributed by atoms with Crippen LogP contribution in [0, 0.1) is 13.8 Å². The highest BCUT2D eigenvalue weighted by atomic mass is 32.2. The van der Waals surface area contributed by atoms with Gasteiger partial charge in [-0.05, 0) is 48.9 Å². The molecule has 0 spiro atoms. The summed E-state index contributed by atoms with van der Waals surface area (Å²) in [5.41, 5.74) is 4.17. The minimum absolute atomic E-state index is 0.192. The smallest absolute Gasteiger partial charge is 0.298 e. The van der Waals surface area contributed by atoms with E-state index < -0.39 is 5.91 Å². The fraction of sp³-hybridized carbons (Fsp3) is 0.150. The Morgan fingerprint density at radius 2 is 1.54 bits per heavy atom. The lowest BCUT2D eigenvalue weighted by Gasteiger charge is -2.16. The lowest BCUT2D eigenvalue weighted by atomic mass is 10.1. The summed E-state index contributed by atoms with van der Waals surface area (Å²) in [6.07, 6.45) is 0. The third-order valence-electron chi connectivity index (χ3n) is 4.87. The molecule has 0 atom stereocenters. The van der Waals surface area contributed by atoms with Crippen molar-refractivity contribution in [2.75, 3.05) is 16.8 Å². The number of fused-ring (bicyclic) bond motifs is 1. The van der Waals surface area contributed by atoms with E-state index in [1.165, 1.54) is 9.80 Å². The third kappa shape index (κ3) is 2.22. The molecule has 2 aliphatic rings. The zero-order chi connectivity index (χ0) is 18.6. The molecule has 5 nitrogen and oxygen atoms in total. The Bertz CT molecular complexity index is 1030. The molecule has 0 bridgehead atoms. The molecule has 6 heteroatoms. The normalized spacial score (nSPS) is 19.6. The van der Waals surface area contributed by atoms with Gasteiger partial charge in [-0.2, -0.15) is 0 Å². The number of aryl methyl sites for hydroxylation is 1. The number of hydrogen-bond acceptors (Lipinski definition) is 4. The summed E-state index contributed by atoms with van der Waals surface area (Å²) in [4.78, 5) is 41.3. The van der Waals surface area contributed by atoms with Gasteiger partial charge in [-0.15, -0.1) is 0 Å². The molecule has 26 heavy (non-hydrogen) atoms. The predicted molar refractivity (Wildman–Crippen MR) is 103 cm³/mol. The van der Waals surface area contributed by atoms with Crippen LogP contribution < -0.4 is 9.80 Å². The average molecular weight is 364 g/mol. The summed E-state index contributed by atoms with van der Waals surface area (Å²) in [5, 5.41) is -0.383. The Balaban J connectivity index is 1.87. The first-order valence-corrected chi connectivity index (χ1v) is 8.97. The molecular formula is C20H16N2O3S. The number of amides is 3. The molecule has 0 radical (unpaired) electrons. The van der Waals surface area contributed by atoms with Crippen LogP contribution in [0.1, 0.15) is 16.7 Å². The largest absolute Gasteiger partial charge is 0.311 e. The van der Waals surface area contributed by atoms with Gasteiger partial charge in [0.2, 0.25) is 0 Å². The second-order valence-electron chi connectivity index (χ2n) is 6.31. The highest BCUT2D eigenvalue weighted by molar-refractivity contribution is 8.19. The predicted octanol–water partition coefficient (Wildman–Crippen LogP) is 3.89. The Morgan fingerprint density at radius 1 is 0.846 bits per heavy atom. The zero-order valence-corrected chi connectivity index (χ0v) is 15.4. The fourth-order valence-electron chi connectivity index (χ4n) is 3.29. The minimum atomic E-state index is -0.442. The van der Waals surface area contributed by atoms with Crippen LogP contribution in [0.4, 0.5) is 16.2 Å². The quantitative estimate of drug-likeness (QED) is 0.721.